The summed E-state index contributed by atoms with van der Waals surface area (Å²) < 4.78 is 20.0. The minimum absolute atomic E-state index is 0.148. The summed E-state index contributed by atoms with van der Waals surface area (Å²) in [5, 5.41) is 0.406. The van der Waals surface area contributed by atoms with Crippen LogP contribution in [0.5, 0.6) is 5.75 Å². The first-order valence-electron chi connectivity index (χ1n) is 7.18. The third-order valence-electron chi connectivity index (χ3n) is 4.50. The lowest BCUT2D eigenvalue weighted by Crippen LogP contribution is -2.39. The lowest BCUT2D eigenvalue weighted by molar-refractivity contribution is 0.0113. The minimum atomic E-state index is -0.324. The summed E-state index contributed by atoms with van der Waals surface area (Å²) in [7, 11) is 0. The van der Waals surface area contributed by atoms with Crippen LogP contribution >= 0.6 is 11.6 Å². The van der Waals surface area contributed by atoms with E-state index in [2.05, 4.69) is 0 Å². The van der Waals surface area contributed by atoms with Gasteiger partial charge in [0.15, 0.2) is 11.6 Å². The van der Waals surface area contributed by atoms with Crippen LogP contribution in [0.25, 0.3) is 0 Å². The Bertz CT molecular complexity index is 447. The zero-order chi connectivity index (χ0) is 13.6. The predicted molar refractivity (Wildman–Crippen MR) is 75.4 cm³/mol. The SMILES string of the molecule is CC(C)c1cc(F)c(OC2CC3CC(C3)C2)c(Cl)c1. The van der Waals surface area contributed by atoms with Crippen LogP contribution in [0.4, 0.5) is 4.39 Å². The summed E-state index contributed by atoms with van der Waals surface area (Å²) in [4.78, 5) is 0. The molecule has 1 aromatic rings. The van der Waals surface area contributed by atoms with E-state index < -0.39 is 0 Å². The van der Waals surface area contributed by atoms with Gasteiger partial charge in [0.2, 0.25) is 0 Å². The number of hydrogen-bond acceptors (Lipinski definition) is 1. The second kappa shape index (κ2) is 4.97. The van der Waals surface area contributed by atoms with E-state index in [1.807, 2.05) is 19.9 Å². The van der Waals surface area contributed by atoms with E-state index in [1.54, 1.807) is 6.07 Å². The number of fused-ring (bicyclic) bond motifs is 2. The van der Waals surface area contributed by atoms with E-state index in [1.165, 1.54) is 12.8 Å². The predicted octanol–water partition coefficient (Wildman–Crippen LogP) is 5.17. The van der Waals surface area contributed by atoms with Crippen LogP contribution in [0.2, 0.25) is 5.02 Å². The molecule has 0 spiro atoms. The zero-order valence-electron chi connectivity index (χ0n) is 11.5. The molecule has 104 valence electrons. The van der Waals surface area contributed by atoms with Gasteiger partial charge in [0.05, 0.1) is 11.1 Å². The van der Waals surface area contributed by atoms with Gasteiger partial charge in [-0.15, -0.1) is 0 Å². The molecular formula is C16H20ClFO. The number of benzene rings is 1. The smallest absolute Gasteiger partial charge is 0.173 e. The van der Waals surface area contributed by atoms with Gasteiger partial charge >= 0.3 is 0 Å². The van der Waals surface area contributed by atoms with E-state index in [0.29, 0.717) is 5.02 Å². The molecule has 3 heteroatoms. The molecule has 0 aliphatic heterocycles. The van der Waals surface area contributed by atoms with E-state index in [-0.39, 0.29) is 23.6 Å². The van der Waals surface area contributed by atoms with Crippen LogP contribution < -0.4 is 4.74 Å². The summed E-state index contributed by atoms with van der Waals surface area (Å²) in [6, 6.07) is 3.38. The average molecular weight is 283 g/mol. The molecule has 0 amide bonds. The van der Waals surface area contributed by atoms with Crippen molar-refractivity contribution in [2.24, 2.45) is 11.8 Å². The molecule has 3 aliphatic rings. The molecular weight excluding hydrogens is 263 g/mol. The Kier molecular flexibility index (Phi) is 3.46. The number of halogens is 2. The van der Waals surface area contributed by atoms with Crippen molar-refractivity contribution in [3.8, 4) is 5.75 Å². The molecule has 3 fully saturated rings. The first-order chi connectivity index (χ1) is 9.02. The molecule has 2 bridgehead atoms. The molecule has 0 N–H and O–H groups in total. The summed E-state index contributed by atoms with van der Waals surface area (Å²) in [5.74, 6) is 1.78. The molecule has 19 heavy (non-hydrogen) atoms. The van der Waals surface area contributed by atoms with E-state index in [4.69, 9.17) is 16.3 Å². The van der Waals surface area contributed by atoms with Crippen molar-refractivity contribution in [1.82, 2.24) is 0 Å². The monoisotopic (exact) mass is 282 g/mol. The third-order valence-corrected chi connectivity index (χ3v) is 4.78. The van der Waals surface area contributed by atoms with Crippen LogP contribution in [-0.2, 0) is 0 Å². The first-order valence-corrected chi connectivity index (χ1v) is 7.56. The zero-order valence-corrected chi connectivity index (χ0v) is 12.2. The standard InChI is InChI=1S/C16H20ClFO/c1-9(2)12-7-14(17)16(15(18)8-12)19-13-5-10-3-11(4-10)6-13/h7-11,13H,3-6H2,1-2H3. The van der Waals surface area contributed by atoms with Gasteiger partial charge in [0.1, 0.15) is 0 Å². The molecule has 0 heterocycles. The van der Waals surface area contributed by atoms with Gasteiger partial charge in [-0.3, -0.25) is 0 Å². The summed E-state index contributed by atoms with van der Waals surface area (Å²) in [6.45, 7) is 4.06. The Labute approximate surface area is 119 Å². The van der Waals surface area contributed by atoms with Crippen molar-refractivity contribution >= 4 is 11.6 Å². The van der Waals surface area contributed by atoms with Gasteiger partial charge < -0.3 is 4.74 Å². The molecule has 1 nitrogen and oxygen atoms in total. The molecule has 0 unspecified atom stereocenters. The lowest BCUT2D eigenvalue weighted by Gasteiger charge is -2.45. The maximum atomic E-state index is 14.1. The highest BCUT2D eigenvalue weighted by Gasteiger charge is 2.39. The van der Waals surface area contributed by atoms with Crippen molar-refractivity contribution in [2.45, 2.75) is 51.6 Å². The van der Waals surface area contributed by atoms with Gasteiger partial charge in [-0.2, -0.15) is 0 Å². The molecule has 3 aliphatic carbocycles. The summed E-state index contributed by atoms with van der Waals surface area (Å²) >= 11 is 6.18. The Morgan fingerprint density at radius 1 is 1.16 bits per heavy atom. The van der Waals surface area contributed by atoms with Crippen LogP contribution in [0, 0.1) is 17.7 Å². The summed E-state index contributed by atoms with van der Waals surface area (Å²) in [6.07, 6.45) is 4.93. The molecule has 0 radical (unpaired) electrons. The maximum Gasteiger partial charge on any atom is 0.173 e. The lowest BCUT2D eigenvalue weighted by atomic mass is 9.64. The molecule has 4 rings (SSSR count). The molecule has 1 aromatic carbocycles. The average Bonchev–Trinajstić information content (AvgIpc) is 2.32. The van der Waals surface area contributed by atoms with Crippen molar-refractivity contribution in [2.75, 3.05) is 0 Å². The third kappa shape index (κ3) is 2.60. The molecule has 0 aromatic heterocycles. The topological polar surface area (TPSA) is 9.23 Å². The highest BCUT2D eigenvalue weighted by atomic mass is 35.5. The number of rotatable bonds is 3. The van der Waals surface area contributed by atoms with Crippen molar-refractivity contribution in [3.05, 3.63) is 28.5 Å². The van der Waals surface area contributed by atoms with E-state index >= 15 is 0 Å². The van der Waals surface area contributed by atoms with E-state index in [9.17, 15) is 4.39 Å². The van der Waals surface area contributed by atoms with Crippen molar-refractivity contribution in [3.63, 3.8) is 0 Å². The van der Waals surface area contributed by atoms with Crippen molar-refractivity contribution in [1.29, 1.82) is 0 Å². The normalized spacial score (nSPS) is 29.2. The van der Waals surface area contributed by atoms with Crippen LogP contribution in [0.1, 0.15) is 51.0 Å². The summed E-state index contributed by atoms with van der Waals surface area (Å²) in [5.41, 5.74) is 0.918. The largest absolute Gasteiger partial charge is 0.486 e. The second-order valence-corrected chi connectivity index (χ2v) is 6.79. The fourth-order valence-electron chi connectivity index (χ4n) is 3.39. The fraction of sp³-hybridized carbons (Fsp3) is 0.625. The highest BCUT2D eigenvalue weighted by molar-refractivity contribution is 6.32. The van der Waals surface area contributed by atoms with Crippen LogP contribution in [0.3, 0.4) is 0 Å². The van der Waals surface area contributed by atoms with Gasteiger partial charge in [-0.1, -0.05) is 25.4 Å². The maximum absolute atomic E-state index is 14.1. The van der Waals surface area contributed by atoms with Crippen molar-refractivity contribution < 1.29 is 9.13 Å². The van der Waals surface area contributed by atoms with Gasteiger partial charge in [-0.05, 0) is 61.1 Å². The Morgan fingerprint density at radius 3 is 2.32 bits per heavy atom. The van der Waals surface area contributed by atoms with Crippen LogP contribution in [0.15, 0.2) is 12.1 Å². The van der Waals surface area contributed by atoms with E-state index in [0.717, 1.165) is 30.2 Å². The Morgan fingerprint density at radius 2 is 1.79 bits per heavy atom. The van der Waals surface area contributed by atoms with Gasteiger partial charge in [-0.25, -0.2) is 4.39 Å². The molecule has 0 saturated heterocycles. The molecule has 0 atom stereocenters. The van der Waals surface area contributed by atoms with Gasteiger partial charge in [0.25, 0.3) is 0 Å². The quantitative estimate of drug-likeness (QED) is 0.743. The minimum Gasteiger partial charge on any atom is -0.486 e. The molecule has 3 saturated carbocycles. The highest BCUT2D eigenvalue weighted by Crippen LogP contribution is 2.47. The first kappa shape index (κ1) is 13.2. The van der Waals surface area contributed by atoms with Gasteiger partial charge in [0, 0.05) is 0 Å². The Balaban J connectivity index is 1.77. The second-order valence-electron chi connectivity index (χ2n) is 6.38. The Hall–Kier alpha value is -0.760. The number of hydrogen-bond donors (Lipinski definition) is 0. The van der Waals surface area contributed by atoms with Crippen LogP contribution in [-0.4, -0.2) is 6.10 Å². The fourth-order valence-corrected chi connectivity index (χ4v) is 3.65. The number of ether oxygens (including phenoxy) is 1.